The molecule has 2 aromatic carbocycles. The molecule has 0 bridgehead atoms. The number of hydrogen-bond donors (Lipinski definition) is 0. The highest BCUT2D eigenvalue weighted by Crippen LogP contribution is 2.36. The molecule has 8 heteroatoms. The van der Waals surface area contributed by atoms with Crippen molar-refractivity contribution in [3.63, 3.8) is 0 Å². The van der Waals surface area contributed by atoms with Crippen LogP contribution in [0.2, 0.25) is 0 Å². The number of methoxy groups -OCH3 is 1. The Morgan fingerprint density at radius 2 is 2.00 bits per heavy atom. The van der Waals surface area contributed by atoms with Gasteiger partial charge in [-0.3, -0.25) is 4.79 Å². The van der Waals surface area contributed by atoms with Crippen LogP contribution in [0, 0.1) is 0 Å². The average Bonchev–Trinajstić information content (AvgIpc) is 2.74. The van der Waals surface area contributed by atoms with Crippen LogP contribution >= 0.6 is 31.9 Å². The molecule has 0 unspecified atom stereocenters. The van der Waals surface area contributed by atoms with Crippen LogP contribution in [0.4, 0.5) is 0 Å². The van der Waals surface area contributed by atoms with Crippen LogP contribution < -0.4 is 15.0 Å². The Labute approximate surface area is 192 Å². The molecule has 3 rings (SSSR count). The van der Waals surface area contributed by atoms with Gasteiger partial charge in [0, 0.05) is 10.4 Å². The van der Waals surface area contributed by atoms with Gasteiger partial charge in [-0.25, -0.2) is 4.98 Å². The number of halogens is 2. The van der Waals surface area contributed by atoms with E-state index in [1.54, 1.807) is 19.4 Å². The van der Waals surface area contributed by atoms with Gasteiger partial charge in [0.1, 0.15) is 5.82 Å². The van der Waals surface area contributed by atoms with E-state index in [9.17, 15) is 4.79 Å². The van der Waals surface area contributed by atoms with Gasteiger partial charge in [0.05, 0.1) is 35.3 Å². The van der Waals surface area contributed by atoms with Gasteiger partial charge in [-0.1, -0.05) is 29.8 Å². The molecule has 0 N–H and O–H groups in total. The summed E-state index contributed by atoms with van der Waals surface area (Å²) >= 11 is 6.94. The summed E-state index contributed by atoms with van der Waals surface area (Å²) in [6.07, 6.45) is 2.47. The molecule has 0 radical (unpaired) electrons. The number of nitrogens with zero attached hydrogens (tertiary/aromatic N) is 3. The lowest BCUT2D eigenvalue weighted by Crippen LogP contribution is -2.23. The third-order valence-electron chi connectivity index (χ3n) is 4.75. The predicted octanol–water partition coefficient (Wildman–Crippen LogP) is 5.72. The highest BCUT2D eigenvalue weighted by molar-refractivity contribution is 9.10. The Bertz CT molecular complexity index is 1160. The van der Waals surface area contributed by atoms with E-state index < -0.39 is 0 Å². The molecular formula is C22H23Br2N3O3. The van der Waals surface area contributed by atoms with Crippen LogP contribution in [-0.2, 0) is 0 Å². The van der Waals surface area contributed by atoms with Crippen molar-refractivity contribution in [2.75, 3.05) is 13.7 Å². The van der Waals surface area contributed by atoms with Crippen molar-refractivity contribution in [2.45, 2.75) is 33.1 Å². The summed E-state index contributed by atoms with van der Waals surface area (Å²) in [6.45, 7) is 6.53. The molecule has 0 aliphatic rings. The maximum atomic E-state index is 13.2. The number of rotatable bonds is 7. The fraction of sp³-hybridized carbons (Fsp3) is 0.318. The smallest absolute Gasteiger partial charge is 0.282 e. The number of fused-ring (bicyclic) bond motifs is 1. The maximum absolute atomic E-state index is 13.2. The van der Waals surface area contributed by atoms with E-state index in [2.05, 4.69) is 43.9 Å². The lowest BCUT2D eigenvalue weighted by molar-refractivity contribution is 0.309. The van der Waals surface area contributed by atoms with Crippen molar-refractivity contribution in [1.82, 2.24) is 9.66 Å². The van der Waals surface area contributed by atoms with Crippen LogP contribution in [0.3, 0.4) is 0 Å². The van der Waals surface area contributed by atoms with Crippen LogP contribution in [-0.4, -0.2) is 29.6 Å². The summed E-state index contributed by atoms with van der Waals surface area (Å²) in [7, 11) is 1.59. The first-order valence-electron chi connectivity index (χ1n) is 9.66. The van der Waals surface area contributed by atoms with Crippen molar-refractivity contribution in [3.05, 3.63) is 61.0 Å². The van der Waals surface area contributed by atoms with Gasteiger partial charge < -0.3 is 9.47 Å². The molecule has 0 amide bonds. The van der Waals surface area contributed by atoms with Crippen molar-refractivity contribution in [1.29, 1.82) is 0 Å². The zero-order valence-corrected chi connectivity index (χ0v) is 20.4. The highest BCUT2D eigenvalue weighted by atomic mass is 79.9. The molecule has 1 aromatic heterocycles. The van der Waals surface area contributed by atoms with Crippen LogP contribution in [0.15, 0.2) is 49.2 Å². The molecule has 0 spiro atoms. The summed E-state index contributed by atoms with van der Waals surface area (Å²) in [5.74, 6) is 1.92. The largest absolute Gasteiger partial charge is 0.493 e. The van der Waals surface area contributed by atoms with Gasteiger partial charge in [-0.05, 0) is 65.2 Å². The minimum absolute atomic E-state index is 0.0736. The zero-order valence-electron chi connectivity index (χ0n) is 17.3. The Morgan fingerprint density at radius 1 is 1.23 bits per heavy atom. The monoisotopic (exact) mass is 535 g/mol. The van der Waals surface area contributed by atoms with E-state index in [-0.39, 0.29) is 11.5 Å². The Morgan fingerprint density at radius 3 is 2.67 bits per heavy atom. The average molecular weight is 537 g/mol. The molecule has 158 valence electrons. The molecule has 1 atom stereocenters. The summed E-state index contributed by atoms with van der Waals surface area (Å²) in [5.41, 5.74) is 1.22. The first-order chi connectivity index (χ1) is 14.4. The topological polar surface area (TPSA) is 65.7 Å². The highest BCUT2D eigenvalue weighted by Gasteiger charge is 2.16. The molecule has 0 saturated heterocycles. The first kappa shape index (κ1) is 22.5. The molecular weight excluding hydrogens is 514 g/mol. The number of aromatic nitrogens is 2. The Balaban J connectivity index is 2.15. The van der Waals surface area contributed by atoms with E-state index >= 15 is 0 Å². The Kier molecular flexibility index (Phi) is 7.31. The van der Waals surface area contributed by atoms with Crippen molar-refractivity contribution in [2.24, 2.45) is 5.10 Å². The standard InChI is InChI=1S/C22H23Br2N3O3/c1-5-13(3)21-26-18-8-7-15(23)11-16(18)22(28)27(21)25-12-14-9-17(24)20(30-6-2)19(10-14)29-4/h7-13H,5-6H2,1-4H3/t13-/m1/s1. The van der Waals surface area contributed by atoms with E-state index in [1.807, 2.05) is 38.1 Å². The van der Waals surface area contributed by atoms with Crippen LogP contribution in [0.1, 0.15) is 44.5 Å². The normalized spacial score (nSPS) is 12.5. The summed E-state index contributed by atoms with van der Waals surface area (Å²) in [5, 5.41) is 5.01. The molecule has 0 aliphatic carbocycles. The van der Waals surface area contributed by atoms with Gasteiger partial charge in [-0.2, -0.15) is 9.78 Å². The number of benzene rings is 2. The van der Waals surface area contributed by atoms with E-state index in [0.717, 1.165) is 20.9 Å². The second kappa shape index (κ2) is 9.75. The van der Waals surface area contributed by atoms with Crippen molar-refractivity contribution >= 4 is 49.0 Å². The first-order valence-corrected chi connectivity index (χ1v) is 11.2. The lowest BCUT2D eigenvalue weighted by Gasteiger charge is -2.14. The van der Waals surface area contributed by atoms with Gasteiger partial charge in [0.2, 0.25) is 0 Å². The van der Waals surface area contributed by atoms with E-state index in [4.69, 9.17) is 14.5 Å². The molecule has 0 fully saturated rings. The van der Waals surface area contributed by atoms with Crippen molar-refractivity contribution < 1.29 is 9.47 Å². The third kappa shape index (κ3) is 4.59. The Hall–Kier alpha value is -2.19. The summed E-state index contributed by atoms with van der Waals surface area (Å²) < 4.78 is 14.0. The fourth-order valence-electron chi connectivity index (χ4n) is 3.00. The van der Waals surface area contributed by atoms with Gasteiger partial charge in [0.15, 0.2) is 11.5 Å². The zero-order chi connectivity index (χ0) is 21.8. The summed E-state index contributed by atoms with van der Waals surface area (Å²) in [4.78, 5) is 17.9. The minimum Gasteiger partial charge on any atom is -0.493 e. The molecule has 0 aliphatic heterocycles. The summed E-state index contributed by atoms with van der Waals surface area (Å²) in [6, 6.07) is 9.18. The van der Waals surface area contributed by atoms with E-state index in [1.165, 1.54) is 4.68 Å². The molecule has 3 aromatic rings. The maximum Gasteiger partial charge on any atom is 0.282 e. The molecule has 1 heterocycles. The third-order valence-corrected chi connectivity index (χ3v) is 5.83. The van der Waals surface area contributed by atoms with Crippen LogP contribution in [0.5, 0.6) is 11.5 Å². The fourth-order valence-corrected chi connectivity index (χ4v) is 3.94. The molecule has 6 nitrogen and oxygen atoms in total. The van der Waals surface area contributed by atoms with Crippen molar-refractivity contribution in [3.8, 4) is 11.5 Å². The van der Waals surface area contributed by atoms with Gasteiger partial charge >= 0.3 is 0 Å². The van der Waals surface area contributed by atoms with Gasteiger partial charge in [-0.15, -0.1) is 0 Å². The SMILES string of the molecule is CCOc1c(Br)cc(C=Nn2c([C@H](C)CC)nc3ccc(Br)cc3c2=O)cc1OC. The second-order valence-corrected chi connectivity index (χ2v) is 8.54. The van der Waals surface area contributed by atoms with E-state index in [0.29, 0.717) is 34.8 Å². The van der Waals surface area contributed by atoms with Gasteiger partial charge in [0.25, 0.3) is 5.56 Å². The minimum atomic E-state index is -0.204. The quantitative estimate of drug-likeness (QED) is 0.362. The van der Waals surface area contributed by atoms with Crippen LogP contribution in [0.25, 0.3) is 10.9 Å². The predicted molar refractivity (Wildman–Crippen MR) is 127 cm³/mol. The second-order valence-electron chi connectivity index (χ2n) is 6.77. The number of hydrogen-bond acceptors (Lipinski definition) is 5. The number of ether oxygens (including phenoxy) is 2. The lowest BCUT2D eigenvalue weighted by atomic mass is 10.1. The molecule has 0 saturated carbocycles. The molecule has 30 heavy (non-hydrogen) atoms.